The van der Waals surface area contributed by atoms with E-state index in [-0.39, 0.29) is 22.6 Å². The fourth-order valence-electron chi connectivity index (χ4n) is 1.97. The standard InChI is InChI=1S/C14H16F3N3O2S/c1-19(2)9-3-4-11(22-6-5-14(15,16)17)10(7-9)20-12(21)8-23-13(20)18/h3-4,7,18H,5-6,8H2,1-2H3. The van der Waals surface area contributed by atoms with Crippen molar-refractivity contribution in [3.05, 3.63) is 18.2 Å². The number of ether oxygens (including phenoxy) is 1. The van der Waals surface area contributed by atoms with Gasteiger partial charge in [0.15, 0.2) is 5.17 Å². The third-order valence-electron chi connectivity index (χ3n) is 3.13. The van der Waals surface area contributed by atoms with Gasteiger partial charge in [-0.3, -0.25) is 15.1 Å². The topological polar surface area (TPSA) is 56.6 Å². The number of thioether (sulfide) groups is 1. The number of carbonyl (C=O) groups excluding carboxylic acids is 1. The maximum Gasteiger partial charge on any atom is 0.392 e. The molecule has 1 saturated heterocycles. The molecule has 0 atom stereocenters. The second-order valence-corrected chi connectivity index (χ2v) is 6.05. The fraction of sp³-hybridized carbons (Fsp3) is 0.429. The molecule has 1 fully saturated rings. The van der Waals surface area contributed by atoms with Crippen molar-refractivity contribution in [2.75, 3.05) is 36.3 Å². The molecule has 0 radical (unpaired) electrons. The van der Waals surface area contributed by atoms with Crippen LogP contribution < -0.4 is 14.5 Å². The molecule has 1 aromatic carbocycles. The molecule has 23 heavy (non-hydrogen) atoms. The van der Waals surface area contributed by atoms with Crippen LogP contribution in [0.3, 0.4) is 0 Å². The van der Waals surface area contributed by atoms with Crippen LogP contribution in [-0.2, 0) is 4.79 Å². The molecule has 0 bridgehead atoms. The van der Waals surface area contributed by atoms with E-state index >= 15 is 0 Å². The first-order valence-corrected chi connectivity index (χ1v) is 7.73. The zero-order valence-corrected chi connectivity index (χ0v) is 13.4. The number of amidine groups is 1. The van der Waals surface area contributed by atoms with E-state index in [9.17, 15) is 18.0 Å². The molecule has 0 aromatic heterocycles. The Balaban J connectivity index is 2.30. The van der Waals surface area contributed by atoms with Gasteiger partial charge in [-0.05, 0) is 18.2 Å². The van der Waals surface area contributed by atoms with Gasteiger partial charge < -0.3 is 9.64 Å². The molecule has 126 valence electrons. The second-order valence-electron chi connectivity index (χ2n) is 5.08. The predicted molar refractivity (Wildman–Crippen MR) is 84.6 cm³/mol. The molecule has 0 unspecified atom stereocenters. The van der Waals surface area contributed by atoms with Crippen LogP contribution in [0, 0.1) is 5.41 Å². The Hall–Kier alpha value is -1.90. The molecule has 1 amide bonds. The monoisotopic (exact) mass is 347 g/mol. The molecule has 1 aliphatic rings. The smallest absolute Gasteiger partial charge is 0.392 e. The number of benzene rings is 1. The minimum atomic E-state index is -4.31. The predicted octanol–water partition coefficient (Wildman–Crippen LogP) is 3.10. The number of hydrogen-bond acceptors (Lipinski definition) is 5. The molecular weight excluding hydrogens is 331 g/mol. The molecule has 1 heterocycles. The van der Waals surface area contributed by atoms with Crippen molar-refractivity contribution in [3.8, 4) is 5.75 Å². The number of hydrogen-bond donors (Lipinski definition) is 1. The minimum Gasteiger partial charge on any atom is -0.491 e. The minimum absolute atomic E-state index is 0.0339. The molecule has 9 heteroatoms. The van der Waals surface area contributed by atoms with Gasteiger partial charge in [0.2, 0.25) is 5.91 Å². The third kappa shape index (κ3) is 4.31. The Morgan fingerprint density at radius 2 is 2.09 bits per heavy atom. The summed E-state index contributed by atoms with van der Waals surface area (Å²) in [6, 6.07) is 4.83. The van der Waals surface area contributed by atoms with Crippen molar-refractivity contribution in [2.45, 2.75) is 12.6 Å². The lowest BCUT2D eigenvalue weighted by molar-refractivity contribution is -0.139. The van der Waals surface area contributed by atoms with Crippen LogP contribution in [0.4, 0.5) is 24.5 Å². The van der Waals surface area contributed by atoms with E-state index in [0.717, 1.165) is 17.4 Å². The first-order valence-electron chi connectivity index (χ1n) is 6.74. The normalized spacial score (nSPS) is 15.3. The first kappa shape index (κ1) is 17.5. The first-order chi connectivity index (χ1) is 10.7. The van der Waals surface area contributed by atoms with Gasteiger partial charge >= 0.3 is 6.18 Å². The molecule has 1 aromatic rings. The number of alkyl halides is 3. The van der Waals surface area contributed by atoms with Crippen molar-refractivity contribution in [1.82, 2.24) is 0 Å². The summed E-state index contributed by atoms with van der Waals surface area (Å²) in [4.78, 5) is 14.9. The summed E-state index contributed by atoms with van der Waals surface area (Å²) in [6.45, 7) is -0.541. The zero-order valence-electron chi connectivity index (χ0n) is 12.6. The molecular formula is C14H16F3N3O2S. The Labute approximate surface area is 135 Å². The molecule has 1 N–H and O–H groups in total. The van der Waals surface area contributed by atoms with Gasteiger partial charge in [0, 0.05) is 19.8 Å². The van der Waals surface area contributed by atoms with Gasteiger partial charge in [-0.2, -0.15) is 13.2 Å². The van der Waals surface area contributed by atoms with Crippen molar-refractivity contribution >= 4 is 34.2 Å². The van der Waals surface area contributed by atoms with E-state index in [4.69, 9.17) is 10.1 Å². The van der Waals surface area contributed by atoms with E-state index in [1.807, 2.05) is 0 Å². The lowest BCUT2D eigenvalue weighted by Gasteiger charge is -2.22. The molecule has 0 aliphatic carbocycles. The Morgan fingerprint density at radius 1 is 1.39 bits per heavy atom. The third-order valence-corrected chi connectivity index (χ3v) is 3.98. The van der Waals surface area contributed by atoms with Crippen LogP contribution in [0.1, 0.15) is 6.42 Å². The highest BCUT2D eigenvalue weighted by molar-refractivity contribution is 8.15. The summed E-state index contributed by atoms with van der Waals surface area (Å²) < 4.78 is 42.0. The molecule has 0 spiro atoms. The number of rotatable bonds is 5. The Kier molecular flexibility index (Phi) is 5.08. The quantitative estimate of drug-likeness (QED) is 0.889. The van der Waals surface area contributed by atoms with Gasteiger partial charge in [-0.1, -0.05) is 11.8 Å². The number of nitrogens with one attached hydrogen (secondary N) is 1. The number of nitrogens with zero attached hydrogens (tertiary/aromatic N) is 2. The summed E-state index contributed by atoms with van der Waals surface area (Å²) in [6.07, 6.45) is -5.39. The summed E-state index contributed by atoms with van der Waals surface area (Å²) in [5.41, 5.74) is 1.04. The SMILES string of the molecule is CN(C)c1ccc(OCCC(F)(F)F)c(N2C(=N)SCC2=O)c1. The highest BCUT2D eigenvalue weighted by Crippen LogP contribution is 2.37. The highest BCUT2D eigenvalue weighted by atomic mass is 32.2. The van der Waals surface area contributed by atoms with Gasteiger partial charge in [-0.15, -0.1) is 0 Å². The Morgan fingerprint density at radius 3 is 2.61 bits per heavy atom. The van der Waals surface area contributed by atoms with Crippen LogP contribution in [0.25, 0.3) is 0 Å². The largest absolute Gasteiger partial charge is 0.491 e. The van der Waals surface area contributed by atoms with Crippen LogP contribution in [-0.4, -0.2) is 43.7 Å². The average molecular weight is 347 g/mol. The van der Waals surface area contributed by atoms with Crippen molar-refractivity contribution in [1.29, 1.82) is 5.41 Å². The lowest BCUT2D eigenvalue weighted by Crippen LogP contribution is -2.29. The van der Waals surface area contributed by atoms with E-state index in [1.165, 1.54) is 11.0 Å². The molecule has 1 aliphatic heterocycles. The zero-order chi connectivity index (χ0) is 17.2. The molecule has 2 rings (SSSR count). The van der Waals surface area contributed by atoms with Crippen molar-refractivity contribution in [3.63, 3.8) is 0 Å². The fourth-order valence-corrected chi connectivity index (χ4v) is 2.69. The van der Waals surface area contributed by atoms with Crippen LogP contribution >= 0.6 is 11.8 Å². The highest BCUT2D eigenvalue weighted by Gasteiger charge is 2.32. The maximum absolute atomic E-state index is 12.3. The van der Waals surface area contributed by atoms with Gasteiger partial charge in [0.25, 0.3) is 0 Å². The maximum atomic E-state index is 12.3. The summed E-state index contributed by atoms with van der Waals surface area (Å²) in [5.74, 6) is -0.00968. The van der Waals surface area contributed by atoms with Gasteiger partial charge in [-0.25, -0.2) is 0 Å². The van der Waals surface area contributed by atoms with Gasteiger partial charge in [0.05, 0.1) is 24.5 Å². The van der Waals surface area contributed by atoms with E-state index in [0.29, 0.717) is 5.69 Å². The summed E-state index contributed by atoms with van der Waals surface area (Å²) in [7, 11) is 3.60. The lowest BCUT2D eigenvalue weighted by atomic mass is 10.2. The summed E-state index contributed by atoms with van der Waals surface area (Å²) >= 11 is 1.07. The number of halogens is 3. The van der Waals surface area contributed by atoms with Crippen LogP contribution in [0.2, 0.25) is 0 Å². The molecule has 0 saturated carbocycles. The average Bonchev–Trinajstić information content (AvgIpc) is 2.77. The van der Waals surface area contributed by atoms with E-state index in [1.54, 1.807) is 31.1 Å². The van der Waals surface area contributed by atoms with E-state index in [2.05, 4.69) is 0 Å². The second kappa shape index (κ2) is 6.69. The summed E-state index contributed by atoms with van der Waals surface area (Å²) in [5, 5.41) is 7.88. The van der Waals surface area contributed by atoms with Crippen molar-refractivity contribution in [2.24, 2.45) is 0 Å². The number of carbonyl (C=O) groups is 1. The van der Waals surface area contributed by atoms with Crippen LogP contribution in [0.15, 0.2) is 18.2 Å². The van der Waals surface area contributed by atoms with Crippen LogP contribution in [0.5, 0.6) is 5.75 Å². The number of anilines is 2. The van der Waals surface area contributed by atoms with Crippen molar-refractivity contribution < 1.29 is 22.7 Å². The number of amides is 1. The van der Waals surface area contributed by atoms with E-state index < -0.39 is 19.2 Å². The van der Waals surface area contributed by atoms with Gasteiger partial charge in [0.1, 0.15) is 5.75 Å². The molecule has 5 nitrogen and oxygen atoms in total. The Bertz CT molecular complexity index is 604.